The molecule has 3 heterocycles. The zero-order valence-corrected chi connectivity index (χ0v) is 16.7. The van der Waals surface area contributed by atoms with Crippen molar-refractivity contribution in [1.29, 1.82) is 0 Å². The van der Waals surface area contributed by atoms with Gasteiger partial charge in [0.1, 0.15) is 11.4 Å². The average molecular weight is 385 g/mol. The molecule has 0 saturated carbocycles. The summed E-state index contributed by atoms with van der Waals surface area (Å²) >= 11 is 0. The molecular formula is C24H23N3O2. The zero-order valence-electron chi connectivity index (χ0n) is 16.7. The second-order valence-corrected chi connectivity index (χ2v) is 7.65. The van der Waals surface area contributed by atoms with E-state index in [1.54, 1.807) is 0 Å². The largest absolute Gasteiger partial charge is 0.451 e. The molecule has 1 aliphatic heterocycles. The maximum absolute atomic E-state index is 13.1. The predicted octanol–water partition coefficient (Wildman–Crippen LogP) is 4.56. The van der Waals surface area contributed by atoms with Crippen LogP contribution in [0, 0.1) is 13.8 Å². The number of hydrogen-bond acceptors (Lipinski definition) is 4. The lowest BCUT2D eigenvalue weighted by Crippen LogP contribution is -2.49. The second-order valence-electron chi connectivity index (χ2n) is 7.65. The first-order chi connectivity index (χ1) is 14.1. The quantitative estimate of drug-likeness (QED) is 0.508. The summed E-state index contributed by atoms with van der Waals surface area (Å²) in [6.45, 7) is 6.91. The number of aryl methyl sites for hydroxylation is 2. The lowest BCUT2D eigenvalue weighted by molar-refractivity contribution is 0.0716. The SMILES string of the molecule is Cc1cc(N2CCN(C(=O)c3oc4ccccc4c3C)CC2)nc2ccccc12. The van der Waals surface area contributed by atoms with Gasteiger partial charge < -0.3 is 14.2 Å². The molecule has 0 aliphatic carbocycles. The standard InChI is InChI=1S/C24H23N3O2/c1-16-15-22(25-20-9-5-3-7-18(16)20)26-11-13-27(14-12-26)24(28)23-17(2)19-8-4-6-10-21(19)29-23/h3-10,15H,11-14H2,1-2H3. The first-order valence-corrected chi connectivity index (χ1v) is 10.0. The second kappa shape index (κ2) is 6.92. The van der Waals surface area contributed by atoms with Gasteiger partial charge in [0, 0.05) is 42.5 Å². The number of piperazine rings is 1. The van der Waals surface area contributed by atoms with Crippen LogP contribution in [0.2, 0.25) is 0 Å². The van der Waals surface area contributed by atoms with Crippen molar-refractivity contribution in [1.82, 2.24) is 9.88 Å². The highest BCUT2D eigenvalue weighted by atomic mass is 16.3. The van der Waals surface area contributed by atoms with Crippen LogP contribution < -0.4 is 4.90 Å². The van der Waals surface area contributed by atoms with Gasteiger partial charge in [0.25, 0.3) is 5.91 Å². The molecule has 1 aliphatic rings. The van der Waals surface area contributed by atoms with E-state index in [2.05, 4.69) is 30.0 Å². The van der Waals surface area contributed by atoms with Gasteiger partial charge in [0.2, 0.25) is 0 Å². The van der Waals surface area contributed by atoms with Crippen molar-refractivity contribution in [3.63, 3.8) is 0 Å². The third-order valence-electron chi connectivity index (χ3n) is 5.84. The molecule has 1 fully saturated rings. The summed E-state index contributed by atoms with van der Waals surface area (Å²) in [5.41, 5.74) is 3.92. The maximum Gasteiger partial charge on any atom is 0.290 e. The van der Waals surface area contributed by atoms with Gasteiger partial charge in [-0.2, -0.15) is 0 Å². The highest BCUT2D eigenvalue weighted by Crippen LogP contribution is 2.27. The highest BCUT2D eigenvalue weighted by Gasteiger charge is 2.27. The van der Waals surface area contributed by atoms with Crippen molar-refractivity contribution in [2.24, 2.45) is 0 Å². The minimum atomic E-state index is -0.0269. The van der Waals surface area contributed by atoms with Gasteiger partial charge >= 0.3 is 0 Å². The summed E-state index contributed by atoms with van der Waals surface area (Å²) in [7, 11) is 0. The topological polar surface area (TPSA) is 49.6 Å². The molecule has 5 rings (SSSR count). The number of hydrogen-bond donors (Lipinski definition) is 0. The number of fused-ring (bicyclic) bond motifs is 2. The molecule has 2 aromatic heterocycles. The number of nitrogens with zero attached hydrogens (tertiary/aromatic N) is 3. The first kappa shape index (κ1) is 17.7. The van der Waals surface area contributed by atoms with Crippen LogP contribution in [-0.2, 0) is 0 Å². The Balaban J connectivity index is 1.35. The average Bonchev–Trinajstić information content (AvgIpc) is 3.10. The van der Waals surface area contributed by atoms with E-state index < -0.39 is 0 Å². The zero-order chi connectivity index (χ0) is 20.0. The number of aromatic nitrogens is 1. The maximum atomic E-state index is 13.1. The smallest absolute Gasteiger partial charge is 0.290 e. The Morgan fingerprint density at radius 3 is 2.38 bits per heavy atom. The fraction of sp³-hybridized carbons (Fsp3) is 0.250. The van der Waals surface area contributed by atoms with E-state index in [9.17, 15) is 4.79 Å². The lowest BCUT2D eigenvalue weighted by Gasteiger charge is -2.35. The molecule has 0 radical (unpaired) electrons. The van der Waals surface area contributed by atoms with E-state index in [1.165, 1.54) is 10.9 Å². The molecule has 29 heavy (non-hydrogen) atoms. The van der Waals surface area contributed by atoms with E-state index in [1.807, 2.05) is 48.2 Å². The summed E-state index contributed by atoms with van der Waals surface area (Å²) in [5, 5.41) is 2.19. The number of anilines is 1. The lowest BCUT2D eigenvalue weighted by atomic mass is 10.1. The number of para-hydroxylation sites is 2. The monoisotopic (exact) mass is 385 g/mol. The van der Waals surface area contributed by atoms with Gasteiger partial charge in [0.15, 0.2) is 5.76 Å². The number of rotatable bonds is 2. The molecule has 0 atom stereocenters. The molecule has 0 spiro atoms. The number of carbonyl (C=O) groups excluding carboxylic acids is 1. The number of pyridine rings is 1. The number of amides is 1. The number of furan rings is 1. The van der Waals surface area contributed by atoms with Gasteiger partial charge in [-0.25, -0.2) is 4.98 Å². The Bertz CT molecular complexity index is 1220. The van der Waals surface area contributed by atoms with E-state index in [-0.39, 0.29) is 5.91 Å². The summed E-state index contributed by atoms with van der Waals surface area (Å²) in [6, 6.07) is 18.2. The van der Waals surface area contributed by atoms with Crippen molar-refractivity contribution in [3.05, 3.63) is 71.5 Å². The molecule has 5 nitrogen and oxygen atoms in total. The molecule has 0 N–H and O–H groups in total. The Kier molecular flexibility index (Phi) is 4.23. The van der Waals surface area contributed by atoms with Gasteiger partial charge in [-0.05, 0) is 37.6 Å². The van der Waals surface area contributed by atoms with Crippen LogP contribution in [0.4, 0.5) is 5.82 Å². The number of benzene rings is 2. The van der Waals surface area contributed by atoms with Crippen LogP contribution >= 0.6 is 0 Å². The minimum absolute atomic E-state index is 0.0269. The van der Waals surface area contributed by atoms with Gasteiger partial charge in [-0.3, -0.25) is 4.79 Å². The van der Waals surface area contributed by atoms with E-state index >= 15 is 0 Å². The molecule has 146 valence electrons. The van der Waals surface area contributed by atoms with Crippen molar-refractivity contribution < 1.29 is 9.21 Å². The molecule has 1 saturated heterocycles. The Hall–Kier alpha value is -3.34. The van der Waals surface area contributed by atoms with Crippen molar-refractivity contribution in [2.45, 2.75) is 13.8 Å². The summed E-state index contributed by atoms with van der Waals surface area (Å²) in [4.78, 5) is 22.0. The molecule has 0 unspecified atom stereocenters. The third-order valence-corrected chi connectivity index (χ3v) is 5.84. The van der Waals surface area contributed by atoms with Crippen LogP contribution in [0.3, 0.4) is 0 Å². The van der Waals surface area contributed by atoms with Crippen molar-refractivity contribution >= 4 is 33.6 Å². The molecule has 4 aromatic rings. The Labute approximate surface area is 169 Å². The van der Waals surface area contributed by atoms with Crippen LogP contribution in [0.15, 0.2) is 59.0 Å². The predicted molar refractivity (Wildman–Crippen MR) is 116 cm³/mol. The van der Waals surface area contributed by atoms with Crippen LogP contribution in [-0.4, -0.2) is 42.0 Å². The minimum Gasteiger partial charge on any atom is -0.451 e. The summed E-state index contributed by atoms with van der Waals surface area (Å²) in [5.74, 6) is 1.41. The van der Waals surface area contributed by atoms with Gasteiger partial charge in [0.05, 0.1) is 5.52 Å². The molecular weight excluding hydrogens is 362 g/mol. The van der Waals surface area contributed by atoms with Crippen molar-refractivity contribution in [3.8, 4) is 0 Å². The van der Waals surface area contributed by atoms with Gasteiger partial charge in [-0.1, -0.05) is 36.4 Å². The summed E-state index contributed by atoms with van der Waals surface area (Å²) < 4.78 is 5.87. The summed E-state index contributed by atoms with van der Waals surface area (Å²) in [6.07, 6.45) is 0. The van der Waals surface area contributed by atoms with E-state index in [0.717, 1.165) is 41.0 Å². The Morgan fingerprint density at radius 2 is 1.62 bits per heavy atom. The fourth-order valence-corrected chi connectivity index (χ4v) is 4.15. The third kappa shape index (κ3) is 3.03. The van der Waals surface area contributed by atoms with Crippen LogP contribution in [0.1, 0.15) is 21.7 Å². The van der Waals surface area contributed by atoms with Crippen LogP contribution in [0.25, 0.3) is 21.9 Å². The molecule has 1 amide bonds. The Morgan fingerprint density at radius 1 is 0.931 bits per heavy atom. The van der Waals surface area contributed by atoms with E-state index in [4.69, 9.17) is 9.40 Å². The number of carbonyl (C=O) groups is 1. The normalized spacial score (nSPS) is 14.7. The molecule has 0 bridgehead atoms. The van der Waals surface area contributed by atoms with Gasteiger partial charge in [-0.15, -0.1) is 0 Å². The first-order valence-electron chi connectivity index (χ1n) is 10.0. The molecule has 5 heteroatoms. The highest BCUT2D eigenvalue weighted by molar-refractivity contribution is 5.99. The fourth-order valence-electron chi connectivity index (χ4n) is 4.15. The van der Waals surface area contributed by atoms with Crippen LogP contribution in [0.5, 0.6) is 0 Å². The molecule has 2 aromatic carbocycles. The van der Waals surface area contributed by atoms with Crippen molar-refractivity contribution in [2.75, 3.05) is 31.1 Å². The van der Waals surface area contributed by atoms with E-state index in [0.29, 0.717) is 18.8 Å².